The highest BCUT2D eigenvalue weighted by molar-refractivity contribution is 5.29. The number of aliphatic hydroxyl groups excluding tert-OH is 1. The Bertz CT molecular complexity index is 346. The standard InChI is InChI=1S/C12H15F3O/c1-11(2,3)9-6-4-8(5-7-9)10(16)12(13,14)15/h4-7,10,16H,1-3H3/t10-/m0/s1. The van der Waals surface area contributed by atoms with E-state index < -0.39 is 12.3 Å². The van der Waals surface area contributed by atoms with E-state index >= 15 is 0 Å². The topological polar surface area (TPSA) is 20.2 Å². The summed E-state index contributed by atoms with van der Waals surface area (Å²) in [5.74, 6) is 0. The SMILES string of the molecule is CC(C)(C)c1ccc([C@H](O)C(F)(F)F)cc1. The van der Waals surface area contributed by atoms with Crippen molar-refractivity contribution in [2.75, 3.05) is 0 Å². The summed E-state index contributed by atoms with van der Waals surface area (Å²) >= 11 is 0. The number of alkyl halides is 3. The molecule has 1 aromatic carbocycles. The monoisotopic (exact) mass is 232 g/mol. The maximum atomic E-state index is 12.2. The molecule has 0 aromatic heterocycles. The maximum absolute atomic E-state index is 12.2. The summed E-state index contributed by atoms with van der Waals surface area (Å²) in [6.07, 6.45) is -7.01. The van der Waals surface area contributed by atoms with Crippen LogP contribution in [0.15, 0.2) is 24.3 Å². The van der Waals surface area contributed by atoms with Crippen molar-refractivity contribution < 1.29 is 18.3 Å². The molecular weight excluding hydrogens is 217 g/mol. The fraction of sp³-hybridized carbons (Fsp3) is 0.500. The number of hydrogen-bond donors (Lipinski definition) is 1. The Kier molecular flexibility index (Phi) is 3.33. The van der Waals surface area contributed by atoms with Crippen LogP contribution in [0.2, 0.25) is 0 Å². The van der Waals surface area contributed by atoms with Crippen LogP contribution in [0, 0.1) is 0 Å². The van der Waals surface area contributed by atoms with Gasteiger partial charge in [-0.25, -0.2) is 0 Å². The number of benzene rings is 1. The molecule has 1 N–H and O–H groups in total. The van der Waals surface area contributed by atoms with E-state index in [1.165, 1.54) is 12.1 Å². The Morgan fingerprint density at radius 2 is 1.44 bits per heavy atom. The lowest BCUT2D eigenvalue weighted by Crippen LogP contribution is -2.20. The van der Waals surface area contributed by atoms with Crippen LogP contribution in [0.3, 0.4) is 0 Å². The van der Waals surface area contributed by atoms with Gasteiger partial charge < -0.3 is 5.11 Å². The quantitative estimate of drug-likeness (QED) is 0.784. The molecule has 4 heteroatoms. The second-order valence-electron chi connectivity index (χ2n) is 4.82. The normalized spacial score (nSPS) is 14.9. The van der Waals surface area contributed by atoms with E-state index in [1.807, 2.05) is 20.8 Å². The number of hydrogen-bond acceptors (Lipinski definition) is 1. The highest BCUT2D eigenvalue weighted by Gasteiger charge is 2.39. The molecule has 1 rings (SSSR count). The third kappa shape index (κ3) is 2.98. The minimum Gasteiger partial charge on any atom is -0.379 e. The van der Waals surface area contributed by atoms with Crippen molar-refractivity contribution in [3.8, 4) is 0 Å². The summed E-state index contributed by atoms with van der Waals surface area (Å²) in [6, 6.07) is 5.87. The molecule has 0 fully saturated rings. The number of rotatable bonds is 1. The molecule has 0 aliphatic rings. The van der Waals surface area contributed by atoms with Gasteiger partial charge in [-0.1, -0.05) is 45.0 Å². The molecule has 1 atom stereocenters. The van der Waals surface area contributed by atoms with Gasteiger partial charge in [0.15, 0.2) is 6.10 Å². The smallest absolute Gasteiger partial charge is 0.379 e. The van der Waals surface area contributed by atoms with Crippen molar-refractivity contribution in [1.82, 2.24) is 0 Å². The van der Waals surface area contributed by atoms with Crippen LogP contribution in [0.1, 0.15) is 38.0 Å². The molecule has 0 amide bonds. The molecule has 90 valence electrons. The molecule has 0 aliphatic carbocycles. The van der Waals surface area contributed by atoms with Gasteiger partial charge in [-0.15, -0.1) is 0 Å². The van der Waals surface area contributed by atoms with Gasteiger partial charge in [0, 0.05) is 0 Å². The fourth-order valence-corrected chi connectivity index (χ4v) is 1.35. The third-order valence-corrected chi connectivity index (χ3v) is 2.40. The molecular formula is C12H15F3O. The molecule has 0 aliphatic heterocycles. The first-order valence-electron chi connectivity index (χ1n) is 4.97. The van der Waals surface area contributed by atoms with Crippen molar-refractivity contribution in [3.05, 3.63) is 35.4 Å². The van der Waals surface area contributed by atoms with Crippen LogP contribution in [-0.2, 0) is 5.41 Å². The zero-order valence-corrected chi connectivity index (χ0v) is 9.47. The zero-order chi connectivity index (χ0) is 12.6. The van der Waals surface area contributed by atoms with Crippen molar-refractivity contribution in [2.24, 2.45) is 0 Å². The van der Waals surface area contributed by atoms with Crippen molar-refractivity contribution in [1.29, 1.82) is 0 Å². The lowest BCUT2D eigenvalue weighted by Gasteiger charge is -2.20. The predicted molar refractivity (Wildman–Crippen MR) is 56.2 cm³/mol. The fourth-order valence-electron chi connectivity index (χ4n) is 1.35. The van der Waals surface area contributed by atoms with E-state index in [1.54, 1.807) is 12.1 Å². The van der Waals surface area contributed by atoms with Crippen LogP contribution in [-0.4, -0.2) is 11.3 Å². The van der Waals surface area contributed by atoms with E-state index in [0.29, 0.717) is 0 Å². The van der Waals surface area contributed by atoms with Crippen LogP contribution in [0.4, 0.5) is 13.2 Å². The summed E-state index contributed by atoms with van der Waals surface area (Å²) < 4.78 is 36.7. The molecule has 0 radical (unpaired) electrons. The number of aliphatic hydroxyl groups is 1. The lowest BCUT2D eigenvalue weighted by atomic mass is 9.86. The molecule has 0 saturated carbocycles. The van der Waals surface area contributed by atoms with Crippen LogP contribution < -0.4 is 0 Å². The Morgan fingerprint density at radius 3 is 1.75 bits per heavy atom. The Balaban J connectivity index is 2.96. The minimum absolute atomic E-state index is 0.109. The van der Waals surface area contributed by atoms with Gasteiger partial charge >= 0.3 is 6.18 Å². The summed E-state index contributed by atoms with van der Waals surface area (Å²) in [5.41, 5.74) is 0.702. The van der Waals surface area contributed by atoms with E-state index in [2.05, 4.69) is 0 Å². The predicted octanol–water partition coefficient (Wildman–Crippen LogP) is 3.58. The summed E-state index contributed by atoms with van der Waals surface area (Å²) in [6.45, 7) is 5.92. The Morgan fingerprint density at radius 1 is 1.00 bits per heavy atom. The minimum atomic E-state index is -4.61. The largest absolute Gasteiger partial charge is 0.418 e. The zero-order valence-electron chi connectivity index (χ0n) is 9.47. The van der Waals surface area contributed by atoms with Gasteiger partial charge in [0.1, 0.15) is 0 Å². The highest BCUT2D eigenvalue weighted by Crippen LogP contribution is 2.33. The van der Waals surface area contributed by atoms with Crippen molar-refractivity contribution >= 4 is 0 Å². The van der Waals surface area contributed by atoms with Gasteiger partial charge in [0.25, 0.3) is 0 Å². The number of halogens is 3. The lowest BCUT2D eigenvalue weighted by molar-refractivity contribution is -0.206. The summed E-state index contributed by atoms with van der Waals surface area (Å²) in [4.78, 5) is 0. The Labute approximate surface area is 92.9 Å². The van der Waals surface area contributed by atoms with Gasteiger partial charge in [-0.2, -0.15) is 13.2 Å². The van der Waals surface area contributed by atoms with E-state index in [9.17, 15) is 13.2 Å². The summed E-state index contributed by atoms with van der Waals surface area (Å²) in [5, 5.41) is 9.03. The molecule has 0 saturated heterocycles. The highest BCUT2D eigenvalue weighted by atomic mass is 19.4. The molecule has 0 heterocycles. The van der Waals surface area contributed by atoms with Crippen LogP contribution in [0.25, 0.3) is 0 Å². The summed E-state index contributed by atoms with van der Waals surface area (Å²) in [7, 11) is 0. The average molecular weight is 232 g/mol. The van der Waals surface area contributed by atoms with Gasteiger partial charge in [0.05, 0.1) is 0 Å². The first-order chi connectivity index (χ1) is 7.12. The van der Waals surface area contributed by atoms with Crippen molar-refractivity contribution in [2.45, 2.75) is 38.5 Å². The third-order valence-electron chi connectivity index (χ3n) is 2.40. The first-order valence-corrected chi connectivity index (χ1v) is 4.97. The average Bonchev–Trinajstić information content (AvgIpc) is 2.14. The van der Waals surface area contributed by atoms with Gasteiger partial charge in [-0.05, 0) is 16.5 Å². The van der Waals surface area contributed by atoms with E-state index in [4.69, 9.17) is 5.11 Å². The van der Waals surface area contributed by atoms with Gasteiger partial charge in [-0.3, -0.25) is 0 Å². The molecule has 16 heavy (non-hydrogen) atoms. The van der Waals surface area contributed by atoms with Crippen molar-refractivity contribution in [3.63, 3.8) is 0 Å². The van der Waals surface area contributed by atoms with E-state index in [0.717, 1.165) is 5.56 Å². The molecule has 0 unspecified atom stereocenters. The van der Waals surface area contributed by atoms with Gasteiger partial charge in [0.2, 0.25) is 0 Å². The molecule has 0 spiro atoms. The second-order valence-corrected chi connectivity index (χ2v) is 4.82. The molecule has 0 bridgehead atoms. The van der Waals surface area contributed by atoms with Crippen LogP contribution >= 0.6 is 0 Å². The molecule has 1 aromatic rings. The second kappa shape index (κ2) is 4.09. The van der Waals surface area contributed by atoms with E-state index in [-0.39, 0.29) is 11.0 Å². The molecule has 1 nitrogen and oxygen atoms in total. The maximum Gasteiger partial charge on any atom is 0.418 e. The Hall–Kier alpha value is -1.03. The van der Waals surface area contributed by atoms with Crippen LogP contribution in [0.5, 0.6) is 0 Å². The first kappa shape index (κ1) is 13.0.